The first-order valence-corrected chi connectivity index (χ1v) is 10.1. The van der Waals surface area contributed by atoms with Crippen LogP contribution in [0.5, 0.6) is 0 Å². The van der Waals surface area contributed by atoms with E-state index in [1.807, 2.05) is 19.9 Å². The SMILES string of the molecule is CCOC(=O)c1ccc(N2CCCN(CC(=O)NC(C)(C#N)C(C)C)CC2)nc1. The number of esters is 1. The number of nitriles is 1. The fourth-order valence-electron chi connectivity index (χ4n) is 3.10. The molecule has 2 heterocycles. The molecule has 1 atom stereocenters. The Kier molecular flexibility index (Phi) is 7.97. The van der Waals surface area contributed by atoms with E-state index < -0.39 is 5.54 Å². The third-order valence-electron chi connectivity index (χ3n) is 5.32. The van der Waals surface area contributed by atoms with Crippen molar-refractivity contribution in [3.8, 4) is 6.07 Å². The van der Waals surface area contributed by atoms with E-state index in [1.54, 1.807) is 19.9 Å². The van der Waals surface area contributed by atoms with E-state index in [0.717, 1.165) is 38.4 Å². The largest absolute Gasteiger partial charge is 0.462 e. The first-order valence-electron chi connectivity index (χ1n) is 10.1. The molecule has 1 aromatic rings. The highest BCUT2D eigenvalue weighted by molar-refractivity contribution is 5.89. The molecule has 0 spiro atoms. The number of aromatic nitrogens is 1. The van der Waals surface area contributed by atoms with E-state index in [9.17, 15) is 14.9 Å². The van der Waals surface area contributed by atoms with Crippen molar-refractivity contribution in [2.75, 3.05) is 44.2 Å². The van der Waals surface area contributed by atoms with Crippen molar-refractivity contribution in [2.24, 2.45) is 5.92 Å². The molecule has 1 N–H and O–H groups in total. The number of amides is 1. The molecule has 0 aliphatic carbocycles. The third kappa shape index (κ3) is 6.16. The van der Waals surface area contributed by atoms with Crippen molar-refractivity contribution in [3.05, 3.63) is 23.9 Å². The van der Waals surface area contributed by atoms with Crippen molar-refractivity contribution in [3.63, 3.8) is 0 Å². The van der Waals surface area contributed by atoms with E-state index in [1.165, 1.54) is 6.20 Å². The number of pyridine rings is 1. The molecule has 8 nitrogen and oxygen atoms in total. The molecular formula is C21H31N5O3. The summed E-state index contributed by atoms with van der Waals surface area (Å²) in [7, 11) is 0. The van der Waals surface area contributed by atoms with E-state index in [2.05, 4.69) is 26.2 Å². The summed E-state index contributed by atoms with van der Waals surface area (Å²) in [5.41, 5.74) is -0.422. The quantitative estimate of drug-likeness (QED) is 0.696. The Labute approximate surface area is 172 Å². The van der Waals surface area contributed by atoms with E-state index in [0.29, 0.717) is 12.2 Å². The van der Waals surface area contributed by atoms with Gasteiger partial charge in [-0.3, -0.25) is 9.69 Å². The molecule has 1 aliphatic heterocycles. The van der Waals surface area contributed by atoms with E-state index in [4.69, 9.17) is 4.74 Å². The molecule has 1 fully saturated rings. The predicted molar refractivity (Wildman–Crippen MR) is 110 cm³/mol. The van der Waals surface area contributed by atoms with Crippen LogP contribution in [0.1, 0.15) is 44.5 Å². The molecule has 1 amide bonds. The Bertz CT molecular complexity index is 744. The Morgan fingerprint density at radius 2 is 2.07 bits per heavy atom. The maximum Gasteiger partial charge on any atom is 0.339 e. The van der Waals surface area contributed by atoms with Gasteiger partial charge in [0.25, 0.3) is 0 Å². The van der Waals surface area contributed by atoms with Gasteiger partial charge in [-0.2, -0.15) is 5.26 Å². The molecular weight excluding hydrogens is 370 g/mol. The van der Waals surface area contributed by atoms with Crippen molar-refractivity contribution >= 4 is 17.7 Å². The lowest BCUT2D eigenvalue weighted by Gasteiger charge is -2.29. The van der Waals surface area contributed by atoms with Gasteiger partial charge >= 0.3 is 5.97 Å². The number of rotatable bonds is 7. The Morgan fingerprint density at radius 1 is 1.31 bits per heavy atom. The number of carbonyl (C=O) groups excluding carboxylic acids is 2. The van der Waals surface area contributed by atoms with Gasteiger partial charge in [0.15, 0.2) is 0 Å². The zero-order valence-electron chi connectivity index (χ0n) is 17.8. The van der Waals surface area contributed by atoms with Gasteiger partial charge in [-0.25, -0.2) is 9.78 Å². The lowest BCUT2D eigenvalue weighted by atomic mass is 9.90. The molecule has 158 valence electrons. The summed E-state index contributed by atoms with van der Waals surface area (Å²) in [5, 5.41) is 12.2. The van der Waals surface area contributed by atoms with Gasteiger partial charge in [0.05, 0.1) is 24.8 Å². The van der Waals surface area contributed by atoms with Gasteiger partial charge in [-0.1, -0.05) is 13.8 Å². The summed E-state index contributed by atoms with van der Waals surface area (Å²) in [6, 6.07) is 5.76. The lowest BCUT2D eigenvalue weighted by molar-refractivity contribution is -0.123. The van der Waals surface area contributed by atoms with Crippen LogP contribution in [0, 0.1) is 17.2 Å². The van der Waals surface area contributed by atoms with Crippen LogP contribution in [-0.4, -0.2) is 66.6 Å². The molecule has 1 aliphatic rings. The van der Waals surface area contributed by atoms with Crippen LogP contribution in [0.15, 0.2) is 18.3 Å². The minimum Gasteiger partial charge on any atom is -0.462 e. The zero-order chi connectivity index (χ0) is 21.4. The number of nitrogens with zero attached hydrogens (tertiary/aromatic N) is 4. The fourth-order valence-corrected chi connectivity index (χ4v) is 3.10. The van der Waals surface area contributed by atoms with Gasteiger partial charge in [0.1, 0.15) is 11.4 Å². The van der Waals surface area contributed by atoms with Gasteiger partial charge in [0.2, 0.25) is 5.91 Å². The molecule has 0 radical (unpaired) electrons. The van der Waals surface area contributed by atoms with E-state index in [-0.39, 0.29) is 24.3 Å². The Morgan fingerprint density at radius 3 is 2.66 bits per heavy atom. The van der Waals surface area contributed by atoms with Crippen LogP contribution >= 0.6 is 0 Å². The number of nitrogens with one attached hydrogen (secondary N) is 1. The maximum absolute atomic E-state index is 12.4. The molecule has 8 heteroatoms. The maximum atomic E-state index is 12.4. The molecule has 0 saturated carbocycles. The highest BCUT2D eigenvalue weighted by Crippen LogP contribution is 2.16. The number of carbonyl (C=O) groups is 2. The Hall–Kier alpha value is -2.66. The van der Waals surface area contributed by atoms with Crippen molar-refractivity contribution in [1.82, 2.24) is 15.2 Å². The van der Waals surface area contributed by atoms with Crippen LogP contribution < -0.4 is 10.2 Å². The molecule has 1 saturated heterocycles. The second kappa shape index (κ2) is 10.2. The lowest BCUT2D eigenvalue weighted by Crippen LogP contribution is -2.52. The predicted octanol–water partition coefficient (Wildman–Crippen LogP) is 1.82. The summed E-state index contributed by atoms with van der Waals surface area (Å²) in [5.74, 6) is 0.333. The fraction of sp³-hybridized carbons (Fsp3) is 0.619. The Balaban J connectivity index is 1.91. The number of ether oxygens (including phenoxy) is 1. The molecule has 29 heavy (non-hydrogen) atoms. The van der Waals surface area contributed by atoms with Crippen LogP contribution in [0.3, 0.4) is 0 Å². The first-order chi connectivity index (χ1) is 13.8. The van der Waals surface area contributed by atoms with E-state index >= 15 is 0 Å². The topological polar surface area (TPSA) is 98.6 Å². The second-order valence-electron chi connectivity index (χ2n) is 7.76. The second-order valence-corrected chi connectivity index (χ2v) is 7.76. The van der Waals surface area contributed by atoms with Gasteiger partial charge < -0.3 is 15.0 Å². The molecule has 0 bridgehead atoms. The summed E-state index contributed by atoms with van der Waals surface area (Å²) >= 11 is 0. The first kappa shape index (κ1) is 22.6. The van der Waals surface area contributed by atoms with Gasteiger partial charge in [0, 0.05) is 32.4 Å². The van der Waals surface area contributed by atoms with Gasteiger partial charge in [-0.15, -0.1) is 0 Å². The van der Waals surface area contributed by atoms with Crippen LogP contribution in [0.4, 0.5) is 5.82 Å². The normalized spacial score (nSPS) is 17.2. The molecule has 1 unspecified atom stereocenters. The highest BCUT2D eigenvalue weighted by atomic mass is 16.5. The number of hydrogen-bond acceptors (Lipinski definition) is 7. The standard InChI is InChI=1S/C21H31N5O3/c1-5-29-20(28)17-7-8-18(23-13-17)26-10-6-9-25(11-12-26)14-19(27)24-21(4,15-22)16(2)3/h7-8,13,16H,5-6,9-12,14H2,1-4H3,(H,24,27). The van der Waals surface area contributed by atoms with Gasteiger partial charge in [-0.05, 0) is 38.3 Å². The van der Waals surface area contributed by atoms with Crippen LogP contribution in [0.25, 0.3) is 0 Å². The summed E-state index contributed by atoms with van der Waals surface area (Å²) in [4.78, 5) is 32.8. The highest BCUT2D eigenvalue weighted by Gasteiger charge is 2.30. The van der Waals surface area contributed by atoms with Crippen molar-refractivity contribution in [2.45, 2.75) is 39.7 Å². The smallest absolute Gasteiger partial charge is 0.339 e. The monoisotopic (exact) mass is 401 g/mol. The molecule has 2 rings (SSSR count). The zero-order valence-corrected chi connectivity index (χ0v) is 17.8. The minimum absolute atomic E-state index is 0.0275. The number of anilines is 1. The van der Waals surface area contributed by atoms with Crippen molar-refractivity contribution < 1.29 is 14.3 Å². The average molecular weight is 402 g/mol. The molecule has 1 aromatic heterocycles. The van der Waals surface area contributed by atoms with Crippen molar-refractivity contribution in [1.29, 1.82) is 5.26 Å². The molecule has 0 aromatic carbocycles. The summed E-state index contributed by atoms with van der Waals surface area (Å²) in [6.07, 6.45) is 2.44. The van der Waals surface area contributed by atoms with Crippen LogP contribution in [-0.2, 0) is 9.53 Å². The summed E-state index contributed by atoms with van der Waals surface area (Å²) in [6.45, 7) is 11.1. The summed E-state index contributed by atoms with van der Waals surface area (Å²) < 4.78 is 4.98. The third-order valence-corrected chi connectivity index (χ3v) is 5.32. The van der Waals surface area contributed by atoms with Crippen LogP contribution in [0.2, 0.25) is 0 Å². The number of hydrogen-bond donors (Lipinski definition) is 1. The average Bonchev–Trinajstić information content (AvgIpc) is 2.93. The minimum atomic E-state index is -0.862.